The molecule has 0 bridgehead atoms. The van der Waals surface area contributed by atoms with E-state index in [0.29, 0.717) is 18.2 Å². The summed E-state index contributed by atoms with van der Waals surface area (Å²) < 4.78 is 5.57. The molecule has 0 unspecified atom stereocenters. The van der Waals surface area contributed by atoms with E-state index in [0.717, 1.165) is 16.1 Å². The zero-order valence-corrected chi connectivity index (χ0v) is 10.2. The van der Waals surface area contributed by atoms with Crippen LogP contribution in [0.2, 0.25) is 0 Å². The number of nitrogens with zero attached hydrogens (tertiary/aromatic N) is 3. The number of aliphatic imine (C=N–C) groups is 2. The second kappa shape index (κ2) is 4.88. The molecule has 4 nitrogen and oxygen atoms in total. The van der Waals surface area contributed by atoms with Gasteiger partial charge in [-0.3, -0.25) is 4.99 Å². The highest BCUT2D eigenvalue weighted by atomic mass is 16.5. The fraction of sp³-hybridized carbons (Fsp3) is 0.0667. The summed E-state index contributed by atoms with van der Waals surface area (Å²) in [7, 11) is 0. The van der Waals surface area contributed by atoms with E-state index < -0.39 is 0 Å². The van der Waals surface area contributed by atoms with Crippen LogP contribution in [0.4, 0.5) is 0 Å². The van der Waals surface area contributed by atoms with Crippen LogP contribution in [0.1, 0.15) is 6.42 Å². The van der Waals surface area contributed by atoms with Gasteiger partial charge in [0.25, 0.3) is 0 Å². The van der Waals surface area contributed by atoms with Gasteiger partial charge in [0.05, 0.1) is 11.6 Å². The van der Waals surface area contributed by atoms with Crippen molar-refractivity contribution >= 4 is 18.2 Å². The van der Waals surface area contributed by atoms with Crippen molar-refractivity contribution in [2.75, 3.05) is 0 Å². The van der Waals surface area contributed by atoms with Gasteiger partial charge in [-0.2, -0.15) is 4.99 Å². The largest absolute Gasteiger partial charge is 0.420 e. The number of benzene rings is 1. The first-order chi connectivity index (χ1) is 9.33. The Bertz CT molecular complexity index is 778. The molecule has 0 spiro atoms. The van der Waals surface area contributed by atoms with Gasteiger partial charge in [0.1, 0.15) is 0 Å². The number of allylic oxidation sites excluding steroid dienone is 1. The normalized spacial score (nSPS) is 18.7. The quantitative estimate of drug-likeness (QED) is 0.686. The van der Waals surface area contributed by atoms with Gasteiger partial charge < -0.3 is 4.74 Å². The molecule has 0 radical (unpaired) electrons. The summed E-state index contributed by atoms with van der Waals surface area (Å²) >= 11 is 0. The lowest BCUT2D eigenvalue weighted by atomic mass is 10.1. The maximum absolute atomic E-state index is 5.57. The standard InChI is InChI=1S/C15H11N3O/c1-11-18-14-5-3-2-4-12(14)6-7-13-10-16-8-9-17-15(13)19-11/h2-6,8,10H,1,7H2/b12-6-,18-14?. The van der Waals surface area contributed by atoms with Gasteiger partial charge in [-0.15, -0.1) is 0 Å². The Balaban J connectivity index is 2.18. The van der Waals surface area contributed by atoms with Gasteiger partial charge >= 0.3 is 0 Å². The molecule has 2 heterocycles. The molecule has 2 aliphatic rings. The first-order valence-electron chi connectivity index (χ1n) is 5.88. The Morgan fingerprint density at radius 3 is 3.11 bits per heavy atom. The molecule has 2 aliphatic heterocycles. The molecule has 0 aromatic heterocycles. The van der Waals surface area contributed by atoms with Gasteiger partial charge in [0.15, 0.2) is 0 Å². The van der Waals surface area contributed by atoms with E-state index in [9.17, 15) is 0 Å². The summed E-state index contributed by atoms with van der Waals surface area (Å²) in [6, 6.07) is 7.84. The van der Waals surface area contributed by atoms with E-state index in [1.807, 2.05) is 24.3 Å². The summed E-state index contributed by atoms with van der Waals surface area (Å²) in [5.74, 6) is 3.42. The minimum absolute atomic E-state index is 0.302. The Morgan fingerprint density at radius 1 is 1.26 bits per heavy atom. The van der Waals surface area contributed by atoms with E-state index in [1.165, 1.54) is 6.20 Å². The van der Waals surface area contributed by atoms with Crippen molar-refractivity contribution in [1.82, 2.24) is 0 Å². The van der Waals surface area contributed by atoms with Crippen LogP contribution >= 0.6 is 0 Å². The number of hydrogen-bond donors (Lipinski definition) is 0. The molecule has 0 atom stereocenters. The highest BCUT2D eigenvalue weighted by Crippen LogP contribution is 2.16. The first kappa shape index (κ1) is 11.4. The molecule has 0 amide bonds. The van der Waals surface area contributed by atoms with Crippen LogP contribution in [0.15, 0.2) is 69.4 Å². The molecule has 1 aromatic rings. The fourth-order valence-corrected chi connectivity index (χ4v) is 1.85. The highest BCUT2D eigenvalue weighted by molar-refractivity contribution is 5.83. The average Bonchev–Trinajstić information content (AvgIpc) is 2.59. The molecular formula is C15H11N3O. The lowest BCUT2D eigenvalue weighted by molar-refractivity contribution is 0.296. The third kappa shape index (κ3) is 2.44. The third-order valence-electron chi connectivity index (χ3n) is 2.74. The second-order valence-electron chi connectivity index (χ2n) is 4.05. The summed E-state index contributed by atoms with van der Waals surface area (Å²) in [4.78, 5) is 12.5. The van der Waals surface area contributed by atoms with E-state index in [4.69, 9.17) is 4.74 Å². The third-order valence-corrected chi connectivity index (χ3v) is 2.74. The van der Waals surface area contributed by atoms with Gasteiger partial charge in [-0.05, 0) is 24.3 Å². The Labute approximate surface area is 110 Å². The molecule has 0 fully saturated rings. The van der Waals surface area contributed by atoms with Crippen molar-refractivity contribution in [1.29, 1.82) is 0 Å². The smallest absolute Gasteiger partial charge is 0.234 e. The number of fused-ring (bicyclic) bond motifs is 1. The number of rotatable bonds is 0. The van der Waals surface area contributed by atoms with Crippen LogP contribution in [0.25, 0.3) is 6.08 Å². The van der Waals surface area contributed by atoms with Crippen molar-refractivity contribution in [3.8, 4) is 0 Å². The second-order valence-corrected chi connectivity index (χ2v) is 4.05. The van der Waals surface area contributed by atoms with Gasteiger partial charge in [0.2, 0.25) is 11.8 Å². The van der Waals surface area contributed by atoms with Crippen molar-refractivity contribution in [3.05, 3.63) is 65.0 Å². The van der Waals surface area contributed by atoms with Crippen molar-refractivity contribution in [2.24, 2.45) is 15.0 Å². The molecule has 4 heteroatoms. The van der Waals surface area contributed by atoms with E-state index in [1.54, 1.807) is 6.21 Å². The molecule has 0 N–H and O–H groups in total. The molecular weight excluding hydrogens is 238 g/mol. The summed E-state index contributed by atoms with van der Waals surface area (Å²) in [6.07, 6.45) is 5.95. The topological polar surface area (TPSA) is 46.3 Å². The number of hydrogen-bond acceptors (Lipinski definition) is 4. The first-order valence-corrected chi connectivity index (χ1v) is 5.88. The molecule has 3 rings (SSSR count). The van der Waals surface area contributed by atoms with Gasteiger partial charge in [-0.1, -0.05) is 24.3 Å². The summed E-state index contributed by atoms with van der Waals surface area (Å²) in [5.41, 5.74) is 0.870. The zero-order chi connectivity index (χ0) is 13.1. The monoisotopic (exact) mass is 249 g/mol. The minimum atomic E-state index is 0.302. The van der Waals surface area contributed by atoms with Crippen molar-refractivity contribution in [3.63, 3.8) is 0 Å². The minimum Gasteiger partial charge on any atom is -0.420 e. The van der Waals surface area contributed by atoms with Crippen LogP contribution in [0, 0.1) is 0 Å². The Kier molecular flexibility index (Phi) is 2.93. The molecule has 92 valence electrons. The van der Waals surface area contributed by atoms with Gasteiger partial charge in [-0.25, -0.2) is 4.99 Å². The van der Waals surface area contributed by atoms with Crippen molar-refractivity contribution < 1.29 is 4.74 Å². The van der Waals surface area contributed by atoms with Crippen LogP contribution in [0.5, 0.6) is 0 Å². The molecule has 19 heavy (non-hydrogen) atoms. The van der Waals surface area contributed by atoms with Gasteiger partial charge in [0, 0.05) is 17.7 Å². The van der Waals surface area contributed by atoms with E-state index in [-0.39, 0.29) is 0 Å². The molecule has 0 saturated carbocycles. The Hall–Kier alpha value is -2.71. The molecule has 0 aliphatic carbocycles. The Morgan fingerprint density at radius 2 is 2.16 bits per heavy atom. The summed E-state index contributed by atoms with van der Waals surface area (Å²) in [6.45, 7) is 3.80. The predicted octanol–water partition coefficient (Wildman–Crippen LogP) is 1.46. The van der Waals surface area contributed by atoms with E-state index >= 15 is 0 Å². The number of para-hydroxylation sites is 1. The zero-order valence-electron chi connectivity index (χ0n) is 10.2. The average molecular weight is 249 g/mol. The lowest BCUT2D eigenvalue weighted by Crippen LogP contribution is -2.24. The summed E-state index contributed by atoms with van der Waals surface area (Å²) in [5, 5.41) is 1.87. The SMILES string of the molecule is C=C1N=c2cccc/c2=C/CC2=C(N=C=CN=C2)O1. The molecule has 1 aromatic carbocycles. The highest BCUT2D eigenvalue weighted by Gasteiger charge is 2.09. The lowest BCUT2D eigenvalue weighted by Gasteiger charge is -2.05. The van der Waals surface area contributed by atoms with E-state index in [2.05, 4.69) is 33.5 Å². The van der Waals surface area contributed by atoms with Crippen LogP contribution in [-0.2, 0) is 4.74 Å². The maximum atomic E-state index is 5.57. The predicted molar refractivity (Wildman–Crippen MR) is 74.1 cm³/mol. The molecule has 0 saturated heterocycles. The van der Waals surface area contributed by atoms with Crippen molar-refractivity contribution in [2.45, 2.75) is 6.42 Å². The number of ether oxygens (including phenoxy) is 1. The maximum Gasteiger partial charge on any atom is 0.234 e. The van der Waals surface area contributed by atoms with Crippen LogP contribution in [0.3, 0.4) is 0 Å². The van der Waals surface area contributed by atoms with Crippen LogP contribution in [-0.4, -0.2) is 12.1 Å². The van der Waals surface area contributed by atoms with Crippen LogP contribution < -0.4 is 10.6 Å². The fourth-order valence-electron chi connectivity index (χ4n) is 1.85.